The number of ketones is 1. The molecule has 0 aliphatic carbocycles. The number of hydrogen-bond acceptors (Lipinski definition) is 7. The van der Waals surface area contributed by atoms with E-state index in [-0.39, 0.29) is 18.0 Å². The molecule has 0 N–H and O–H groups in total. The molecular weight excluding hydrogens is 380 g/mol. The minimum absolute atomic E-state index is 0.169. The third kappa shape index (κ3) is 5.98. The monoisotopic (exact) mass is 412 g/mol. The van der Waals surface area contributed by atoms with Crippen LogP contribution in [0.15, 0.2) is 18.2 Å². The number of aromatic nitrogens is 3. The average molecular weight is 413 g/mol. The third-order valence-electron chi connectivity index (χ3n) is 5.07. The zero-order valence-corrected chi connectivity index (χ0v) is 18.6. The summed E-state index contributed by atoms with van der Waals surface area (Å²) in [6.07, 6.45) is 1.74. The lowest BCUT2D eigenvalue weighted by Gasteiger charge is -2.36. The van der Waals surface area contributed by atoms with Crippen molar-refractivity contribution in [1.82, 2.24) is 15.2 Å². The van der Waals surface area contributed by atoms with Gasteiger partial charge in [0, 0.05) is 37.7 Å². The summed E-state index contributed by atoms with van der Waals surface area (Å²) in [5, 5.41) is 8.84. The number of Topliss-reactive ketones (excluding diaryl/α,β-unsaturated/α-hetero) is 1. The van der Waals surface area contributed by atoms with Crippen molar-refractivity contribution in [3.63, 3.8) is 0 Å². The van der Waals surface area contributed by atoms with Crippen molar-refractivity contribution in [3.8, 4) is 5.88 Å². The molecule has 1 aliphatic rings. The summed E-state index contributed by atoms with van der Waals surface area (Å²) in [6, 6.07) is 5.82. The minimum Gasteiger partial charge on any atom is -0.478 e. The average Bonchev–Trinajstić information content (AvgIpc) is 2.65. The van der Waals surface area contributed by atoms with Gasteiger partial charge >= 0.3 is 0 Å². The van der Waals surface area contributed by atoms with Crippen LogP contribution in [0.5, 0.6) is 5.88 Å². The molecular formula is C23H32N4O3. The van der Waals surface area contributed by atoms with Gasteiger partial charge in [-0.1, -0.05) is 0 Å². The molecule has 3 heterocycles. The fourth-order valence-corrected chi connectivity index (χ4v) is 3.93. The molecule has 0 spiro atoms. The van der Waals surface area contributed by atoms with Crippen LogP contribution in [-0.2, 0) is 22.4 Å². The van der Waals surface area contributed by atoms with E-state index in [4.69, 9.17) is 9.47 Å². The first-order chi connectivity index (χ1) is 14.3. The number of pyridine rings is 1. The Labute approximate surface area is 178 Å². The zero-order valence-electron chi connectivity index (χ0n) is 18.6. The number of carbonyl (C=O) groups is 1. The van der Waals surface area contributed by atoms with Gasteiger partial charge in [-0.25, -0.2) is 4.98 Å². The quantitative estimate of drug-likeness (QED) is 0.659. The second-order valence-corrected chi connectivity index (χ2v) is 8.11. The second kappa shape index (κ2) is 9.98. The fourth-order valence-electron chi connectivity index (χ4n) is 3.93. The van der Waals surface area contributed by atoms with Crippen LogP contribution in [0, 0.1) is 13.8 Å². The van der Waals surface area contributed by atoms with Crippen molar-refractivity contribution in [2.45, 2.75) is 66.1 Å². The van der Waals surface area contributed by atoms with Crippen LogP contribution in [0.3, 0.4) is 0 Å². The Balaban J connectivity index is 1.58. The van der Waals surface area contributed by atoms with E-state index < -0.39 is 0 Å². The van der Waals surface area contributed by atoms with Gasteiger partial charge in [-0.3, -0.25) is 4.79 Å². The van der Waals surface area contributed by atoms with Gasteiger partial charge in [0.25, 0.3) is 0 Å². The fraction of sp³-hybridized carbons (Fsp3) is 0.565. The molecule has 7 nitrogen and oxygen atoms in total. The molecule has 0 bridgehead atoms. The Kier molecular flexibility index (Phi) is 7.37. The highest BCUT2D eigenvalue weighted by Crippen LogP contribution is 2.22. The molecule has 1 saturated heterocycles. The Bertz CT molecular complexity index is 877. The smallest absolute Gasteiger partial charge is 0.213 e. The molecule has 1 aliphatic heterocycles. The van der Waals surface area contributed by atoms with E-state index in [1.165, 1.54) is 0 Å². The maximum absolute atomic E-state index is 12.5. The molecule has 162 valence electrons. The van der Waals surface area contributed by atoms with Crippen LogP contribution in [0.1, 0.15) is 49.7 Å². The number of aryl methyl sites for hydroxylation is 3. The summed E-state index contributed by atoms with van der Waals surface area (Å²) in [6.45, 7) is 12.2. The number of rotatable bonds is 8. The molecule has 0 saturated carbocycles. The Hall–Kier alpha value is -2.54. The Morgan fingerprint density at radius 1 is 1.17 bits per heavy atom. The highest BCUT2D eigenvalue weighted by Gasteiger charge is 2.24. The molecule has 3 rings (SSSR count). The van der Waals surface area contributed by atoms with E-state index in [1.54, 1.807) is 0 Å². The van der Waals surface area contributed by atoms with E-state index >= 15 is 0 Å². The van der Waals surface area contributed by atoms with E-state index in [0.717, 1.165) is 41.4 Å². The van der Waals surface area contributed by atoms with Crippen molar-refractivity contribution in [3.05, 3.63) is 40.7 Å². The van der Waals surface area contributed by atoms with Crippen molar-refractivity contribution >= 4 is 11.6 Å². The summed E-state index contributed by atoms with van der Waals surface area (Å²) >= 11 is 0. The van der Waals surface area contributed by atoms with Crippen molar-refractivity contribution in [2.24, 2.45) is 0 Å². The zero-order chi connectivity index (χ0) is 21.7. The molecule has 7 heteroatoms. The van der Waals surface area contributed by atoms with E-state index in [9.17, 15) is 4.79 Å². The molecule has 0 aromatic carbocycles. The van der Waals surface area contributed by atoms with Gasteiger partial charge in [-0.05, 0) is 64.3 Å². The summed E-state index contributed by atoms with van der Waals surface area (Å²) in [5.74, 6) is 1.65. The van der Waals surface area contributed by atoms with Crippen molar-refractivity contribution in [1.29, 1.82) is 0 Å². The summed E-state index contributed by atoms with van der Waals surface area (Å²) in [5.41, 5.74) is 3.72. The number of hydrogen-bond donors (Lipinski definition) is 0. The van der Waals surface area contributed by atoms with E-state index in [1.807, 2.05) is 32.0 Å². The third-order valence-corrected chi connectivity index (χ3v) is 5.07. The molecule has 0 radical (unpaired) electrons. The lowest BCUT2D eigenvalue weighted by atomic mass is 10.0. The van der Waals surface area contributed by atoms with Gasteiger partial charge in [0.1, 0.15) is 5.78 Å². The second-order valence-electron chi connectivity index (χ2n) is 8.11. The molecule has 30 heavy (non-hydrogen) atoms. The number of morpholine rings is 1. The first-order valence-electron chi connectivity index (χ1n) is 10.7. The lowest BCUT2D eigenvalue weighted by Crippen LogP contribution is -2.46. The normalized spacial score (nSPS) is 19.0. The van der Waals surface area contributed by atoms with Gasteiger partial charge in [0.05, 0.1) is 24.5 Å². The first kappa shape index (κ1) is 22.2. The van der Waals surface area contributed by atoms with Crippen molar-refractivity contribution in [2.75, 3.05) is 24.6 Å². The van der Waals surface area contributed by atoms with E-state index in [2.05, 4.69) is 40.9 Å². The molecule has 0 unspecified atom stereocenters. The summed E-state index contributed by atoms with van der Waals surface area (Å²) in [4.78, 5) is 19.1. The summed E-state index contributed by atoms with van der Waals surface area (Å²) < 4.78 is 11.3. The summed E-state index contributed by atoms with van der Waals surface area (Å²) in [7, 11) is 0. The predicted molar refractivity (Wildman–Crippen MR) is 116 cm³/mol. The molecule has 0 amide bonds. The largest absolute Gasteiger partial charge is 0.478 e. The first-order valence-corrected chi connectivity index (χ1v) is 10.7. The van der Waals surface area contributed by atoms with Gasteiger partial charge in [-0.2, -0.15) is 5.10 Å². The van der Waals surface area contributed by atoms with Crippen LogP contribution in [0.2, 0.25) is 0 Å². The van der Waals surface area contributed by atoms with Gasteiger partial charge < -0.3 is 14.4 Å². The molecule has 1 fully saturated rings. The van der Waals surface area contributed by atoms with Crippen LogP contribution in [0.4, 0.5) is 5.82 Å². The van der Waals surface area contributed by atoms with Crippen LogP contribution >= 0.6 is 0 Å². The molecule has 2 atom stereocenters. The van der Waals surface area contributed by atoms with Crippen LogP contribution in [-0.4, -0.2) is 52.9 Å². The number of carbonyl (C=O) groups excluding carboxylic acids is 1. The van der Waals surface area contributed by atoms with Crippen molar-refractivity contribution < 1.29 is 14.3 Å². The molecule has 2 aromatic rings. The van der Waals surface area contributed by atoms with Gasteiger partial charge in [0.2, 0.25) is 5.88 Å². The number of anilines is 1. The Morgan fingerprint density at radius 3 is 2.57 bits per heavy atom. The number of ether oxygens (including phenoxy) is 2. The van der Waals surface area contributed by atoms with Gasteiger partial charge in [0.15, 0.2) is 5.82 Å². The maximum Gasteiger partial charge on any atom is 0.213 e. The minimum atomic E-state index is 0.169. The lowest BCUT2D eigenvalue weighted by molar-refractivity contribution is -0.118. The van der Waals surface area contributed by atoms with Crippen LogP contribution in [0.25, 0.3) is 0 Å². The Morgan fingerprint density at radius 2 is 1.90 bits per heavy atom. The molecule has 2 aromatic heterocycles. The highest BCUT2D eigenvalue weighted by molar-refractivity contribution is 5.81. The highest BCUT2D eigenvalue weighted by atomic mass is 16.5. The standard InChI is InChI=1S/C23H32N4O3/c1-6-29-22-12-19(10-16(3)24-22)11-21(28)8-7-20-9-15(2)23(26-25-20)27-13-17(4)30-18(5)14-27/h9-10,12,17-18H,6-8,11,13-14H2,1-5H3/t17-,18+. The predicted octanol–water partition coefficient (Wildman–Crippen LogP) is 3.25. The maximum atomic E-state index is 12.5. The van der Waals surface area contributed by atoms with E-state index in [0.29, 0.717) is 31.7 Å². The topological polar surface area (TPSA) is 77.4 Å². The van der Waals surface area contributed by atoms with Crippen LogP contribution < -0.4 is 9.64 Å². The number of nitrogens with zero attached hydrogens (tertiary/aromatic N) is 4. The van der Waals surface area contributed by atoms with Gasteiger partial charge in [-0.15, -0.1) is 5.10 Å². The SMILES string of the molecule is CCOc1cc(CC(=O)CCc2cc(C)c(N3C[C@@H](C)O[C@@H](C)C3)nn2)cc(C)n1.